The van der Waals surface area contributed by atoms with E-state index in [0.717, 1.165) is 22.0 Å². The molecule has 5 rings (SSSR count). The third kappa shape index (κ3) is 4.10. The Morgan fingerprint density at radius 2 is 2.09 bits per heavy atom. The molecule has 0 bridgehead atoms. The minimum atomic E-state index is -0.833. The average Bonchev–Trinajstić information content (AvgIpc) is 3.59. The second kappa shape index (κ2) is 9.18. The van der Waals surface area contributed by atoms with Crippen molar-refractivity contribution in [2.75, 3.05) is 13.7 Å². The zero-order valence-electron chi connectivity index (χ0n) is 19.3. The molecule has 3 heterocycles. The first-order chi connectivity index (χ1) is 17.0. The fraction of sp³-hybridized carbons (Fsp3) is 0.296. The van der Waals surface area contributed by atoms with E-state index in [-0.39, 0.29) is 23.6 Å². The highest BCUT2D eigenvalue weighted by Crippen LogP contribution is 2.36. The van der Waals surface area contributed by atoms with Crippen LogP contribution in [0.3, 0.4) is 0 Å². The molecule has 1 fully saturated rings. The predicted octanol–water partition coefficient (Wildman–Crippen LogP) is 2.52. The van der Waals surface area contributed by atoms with E-state index in [1.54, 1.807) is 18.1 Å². The number of carbonyl (C=O) groups is 3. The van der Waals surface area contributed by atoms with Gasteiger partial charge in [0.15, 0.2) is 0 Å². The molecule has 0 radical (unpaired) electrons. The summed E-state index contributed by atoms with van der Waals surface area (Å²) in [5.74, 6) is 2.32. The van der Waals surface area contributed by atoms with Gasteiger partial charge in [0, 0.05) is 29.9 Å². The number of nitrogens with one attached hydrogen (secondary N) is 3. The SMILES string of the molecule is C#C[C@H](C[C@@H]1CCNC1=O)NC(=O)C1c2ccccc2CN1C(=O)c1cc2c(OC)cccc2[nH]1. The number of benzene rings is 2. The second-order valence-electron chi connectivity index (χ2n) is 8.88. The highest BCUT2D eigenvalue weighted by atomic mass is 16.5. The summed E-state index contributed by atoms with van der Waals surface area (Å²) < 4.78 is 5.42. The van der Waals surface area contributed by atoms with Gasteiger partial charge in [-0.05, 0) is 42.2 Å². The molecular weight excluding hydrogens is 444 g/mol. The molecule has 0 spiro atoms. The molecule has 3 amide bonds. The molecule has 0 saturated carbocycles. The summed E-state index contributed by atoms with van der Waals surface area (Å²) in [6.45, 7) is 0.910. The molecule has 178 valence electrons. The third-order valence-electron chi connectivity index (χ3n) is 6.79. The largest absolute Gasteiger partial charge is 0.496 e. The van der Waals surface area contributed by atoms with Crippen LogP contribution >= 0.6 is 0 Å². The van der Waals surface area contributed by atoms with Crippen LogP contribution in [0.4, 0.5) is 0 Å². The van der Waals surface area contributed by atoms with Crippen molar-refractivity contribution in [3.63, 3.8) is 0 Å². The van der Waals surface area contributed by atoms with Gasteiger partial charge in [0.05, 0.1) is 13.2 Å². The molecule has 1 unspecified atom stereocenters. The lowest BCUT2D eigenvalue weighted by atomic mass is 9.98. The van der Waals surface area contributed by atoms with Crippen LogP contribution in [0.2, 0.25) is 0 Å². The van der Waals surface area contributed by atoms with Crippen LogP contribution in [0.5, 0.6) is 5.75 Å². The number of fused-ring (bicyclic) bond motifs is 2. The fourth-order valence-electron chi connectivity index (χ4n) is 5.01. The van der Waals surface area contributed by atoms with Gasteiger partial charge < -0.3 is 25.3 Å². The van der Waals surface area contributed by atoms with Gasteiger partial charge >= 0.3 is 0 Å². The Balaban J connectivity index is 1.42. The van der Waals surface area contributed by atoms with Crippen molar-refractivity contribution < 1.29 is 19.1 Å². The molecule has 8 heteroatoms. The lowest BCUT2D eigenvalue weighted by Crippen LogP contribution is -2.44. The van der Waals surface area contributed by atoms with Crippen LogP contribution in [0, 0.1) is 18.3 Å². The molecule has 35 heavy (non-hydrogen) atoms. The summed E-state index contributed by atoms with van der Waals surface area (Å²) in [7, 11) is 1.58. The Hall–Kier alpha value is -4.25. The number of rotatable bonds is 6. The van der Waals surface area contributed by atoms with E-state index in [9.17, 15) is 14.4 Å². The number of carbonyl (C=O) groups excluding carboxylic acids is 3. The lowest BCUT2D eigenvalue weighted by Gasteiger charge is -2.26. The standard InChI is InChI=1S/C27H26N4O4/c1-3-18(13-16-11-12-28-25(16)32)29-26(33)24-19-8-5-4-7-17(19)15-31(24)27(34)22-14-20-21(30-22)9-6-10-23(20)35-2/h1,4-10,14,16,18,24,30H,11-13,15H2,2H3,(H,28,32)(H,29,33)/t16-,18+,24?/m0/s1. The molecule has 1 aromatic heterocycles. The summed E-state index contributed by atoms with van der Waals surface area (Å²) in [6, 6.07) is 13.4. The zero-order valence-corrected chi connectivity index (χ0v) is 19.3. The fourth-order valence-corrected chi connectivity index (χ4v) is 5.01. The van der Waals surface area contributed by atoms with E-state index in [0.29, 0.717) is 37.4 Å². The summed E-state index contributed by atoms with van der Waals surface area (Å²) in [5, 5.41) is 6.48. The van der Waals surface area contributed by atoms with Crippen molar-refractivity contribution in [1.29, 1.82) is 0 Å². The predicted molar refractivity (Wildman–Crippen MR) is 130 cm³/mol. The number of hydrogen-bond donors (Lipinski definition) is 3. The molecule has 1 saturated heterocycles. The summed E-state index contributed by atoms with van der Waals surface area (Å²) in [6.07, 6.45) is 6.75. The minimum Gasteiger partial charge on any atom is -0.496 e. The molecule has 8 nitrogen and oxygen atoms in total. The van der Waals surface area contributed by atoms with Crippen LogP contribution in [0.15, 0.2) is 48.5 Å². The quantitative estimate of drug-likeness (QED) is 0.482. The van der Waals surface area contributed by atoms with Gasteiger partial charge in [-0.2, -0.15) is 0 Å². The van der Waals surface area contributed by atoms with E-state index in [4.69, 9.17) is 11.2 Å². The number of aromatic nitrogens is 1. The topological polar surface area (TPSA) is 104 Å². The molecule has 0 aliphatic carbocycles. The number of aromatic amines is 1. The Bertz CT molecular complexity index is 1350. The van der Waals surface area contributed by atoms with Crippen molar-refractivity contribution in [2.45, 2.75) is 31.5 Å². The van der Waals surface area contributed by atoms with Crippen molar-refractivity contribution in [3.05, 3.63) is 65.4 Å². The molecule has 3 atom stereocenters. The summed E-state index contributed by atoms with van der Waals surface area (Å²) in [5.41, 5.74) is 2.81. The smallest absolute Gasteiger partial charge is 0.271 e. The first-order valence-corrected chi connectivity index (χ1v) is 11.6. The van der Waals surface area contributed by atoms with E-state index < -0.39 is 12.1 Å². The Kier molecular flexibility index (Phi) is 5.91. The number of nitrogens with zero attached hydrogens (tertiary/aromatic N) is 1. The van der Waals surface area contributed by atoms with E-state index in [2.05, 4.69) is 21.5 Å². The maximum atomic E-state index is 13.7. The minimum absolute atomic E-state index is 0.0447. The van der Waals surface area contributed by atoms with E-state index in [1.165, 1.54) is 0 Å². The van der Waals surface area contributed by atoms with Gasteiger partial charge in [-0.25, -0.2) is 0 Å². The first-order valence-electron chi connectivity index (χ1n) is 11.6. The highest BCUT2D eigenvalue weighted by Gasteiger charge is 2.40. The van der Waals surface area contributed by atoms with Gasteiger partial charge in [-0.3, -0.25) is 14.4 Å². The molecule has 2 aliphatic heterocycles. The van der Waals surface area contributed by atoms with Crippen LogP contribution < -0.4 is 15.4 Å². The van der Waals surface area contributed by atoms with Crippen LogP contribution in [-0.2, 0) is 16.1 Å². The Morgan fingerprint density at radius 3 is 2.83 bits per heavy atom. The summed E-state index contributed by atoms with van der Waals surface area (Å²) >= 11 is 0. The lowest BCUT2D eigenvalue weighted by molar-refractivity contribution is -0.127. The number of ether oxygens (including phenoxy) is 1. The monoisotopic (exact) mass is 470 g/mol. The molecule has 2 aliphatic rings. The maximum Gasteiger partial charge on any atom is 0.271 e. The van der Waals surface area contributed by atoms with Gasteiger partial charge in [0.2, 0.25) is 11.8 Å². The molecular formula is C27H26N4O4. The van der Waals surface area contributed by atoms with Crippen LogP contribution in [-0.4, -0.2) is 47.3 Å². The highest BCUT2D eigenvalue weighted by molar-refractivity contribution is 6.02. The number of methoxy groups -OCH3 is 1. The second-order valence-corrected chi connectivity index (χ2v) is 8.88. The molecule has 3 N–H and O–H groups in total. The Labute approximate surface area is 203 Å². The molecule has 3 aromatic rings. The van der Waals surface area contributed by atoms with Crippen LogP contribution in [0.1, 0.15) is 40.5 Å². The van der Waals surface area contributed by atoms with Crippen molar-refractivity contribution in [2.24, 2.45) is 5.92 Å². The zero-order chi connectivity index (χ0) is 24.5. The normalized spacial score (nSPS) is 19.7. The van der Waals surface area contributed by atoms with Crippen LogP contribution in [0.25, 0.3) is 10.9 Å². The Morgan fingerprint density at radius 1 is 1.26 bits per heavy atom. The van der Waals surface area contributed by atoms with Crippen molar-refractivity contribution >= 4 is 28.6 Å². The number of H-pyrrole nitrogens is 1. The van der Waals surface area contributed by atoms with Gasteiger partial charge in [0.1, 0.15) is 17.5 Å². The summed E-state index contributed by atoms with van der Waals surface area (Å²) in [4.78, 5) is 43.9. The maximum absolute atomic E-state index is 13.7. The number of terminal acetylenes is 1. The third-order valence-corrected chi connectivity index (χ3v) is 6.79. The van der Waals surface area contributed by atoms with Gasteiger partial charge in [-0.1, -0.05) is 36.3 Å². The van der Waals surface area contributed by atoms with Gasteiger partial charge in [0.25, 0.3) is 5.91 Å². The van der Waals surface area contributed by atoms with Gasteiger partial charge in [-0.15, -0.1) is 6.42 Å². The van der Waals surface area contributed by atoms with Crippen molar-refractivity contribution in [3.8, 4) is 18.1 Å². The van der Waals surface area contributed by atoms with Crippen molar-refractivity contribution in [1.82, 2.24) is 20.5 Å². The molecule has 2 aromatic carbocycles. The first kappa shape index (κ1) is 22.5. The van der Waals surface area contributed by atoms with E-state index in [1.807, 2.05) is 42.5 Å². The average molecular weight is 471 g/mol. The van der Waals surface area contributed by atoms with E-state index >= 15 is 0 Å². The number of hydrogen-bond acceptors (Lipinski definition) is 4. The number of amides is 3.